The highest BCUT2D eigenvalue weighted by Gasteiger charge is 2.16. The number of aryl methyl sites for hydroxylation is 1. The molecule has 0 amide bonds. The second kappa shape index (κ2) is 6.43. The Morgan fingerprint density at radius 3 is 2.48 bits per heavy atom. The SMILES string of the molecule is CCN(c1ccccc1C)c1cc(C#N)ccc1[C@H](C)O. The van der Waals surface area contributed by atoms with Crippen molar-refractivity contribution in [2.24, 2.45) is 0 Å². The topological polar surface area (TPSA) is 47.3 Å². The predicted octanol–water partition coefficient (Wildman–Crippen LogP) is 4.08. The second-order valence-electron chi connectivity index (χ2n) is 5.09. The van der Waals surface area contributed by atoms with E-state index in [1.807, 2.05) is 24.3 Å². The summed E-state index contributed by atoms with van der Waals surface area (Å²) in [5.41, 5.74) is 4.58. The first-order chi connectivity index (χ1) is 10.1. The molecule has 108 valence electrons. The fraction of sp³-hybridized carbons (Fsp3) is 0.278. The summed E-state index contributed by atoms with van der Waals surface area (Å²) in [5, 5.41) is 19.2. The largest absolute Gasteiger partial charge is 0.389 e. The van der Waals surface area contributed by atoms with Crippen LogP contribution in [0.25, 0.3) is 0 Å². The number of rotatable bonds is 4. The third-order valence-electron chi connectivity index (χ3n) is 3.62. The van der Waals surface area contributed by atoms with Crippen molar-refractivity contribution in [3.8, 4) is 6.07 Å². The number of hydrogen-bond acceptors (Lipinski definition) is 3. The lowest BCUT2D eigenvalue weighted by atomic mass is 10.0. The van der Waals surface area contributed by atoms with E-state index in [1.165, 1.54) is 5.56 Å². The molecule has 0 aliphatic heterocycles. The summed E-state index contributed by atoms with van der Waals surface area (Å²) in [6.07, 6.45) is -0.578. The molecule has 2 aromatic carbocycles. The van der Waals surface area contributed by atoms with Gasteiger partial charge in [-0.25, -0.2) is 0 Å². The third kappa shape index (κ3) is 3.07. The van der Waals surface area contributed by atoms with E-state index in [-0.39, 0.29) is 0 Å². The van der Waals surface area contributed by atoms with Crippen molar-refractivity contribution in [2.45, 2.75) is 26.9 Å². The lowest BCUT2D eigenvalue weighted by Crippen LogP contribution is -2.19. The number of aliphatic hydroxyl groups excluding tert-OH is 1. The van der Waals surface area contributed by atoms with Gasteiger partial charge in [0.15, 0.2) is 0 Å². The van der Waals surface area contributed by atoms with Crippen molar-refractivity contribution < 1.29 is 5.11 Å². The molecule has 0 heterocycles. The molecule has 0 spiro atoms. The van der Waals surface area contributed by atoms with Crippen molar-refractivity contribution in [1.82, 2.24) is 0 Å². The number of anilines is 2. The molecule has 3 heteroatoms. The van der Waals surface area contributed by atoms with Crippen LogP contribution < -0.4 is 4.90 Å². The van der Waals surface area contributed by atoms with Gasteiger partial charge in [-0.05, 0) is 44.5 Å². The van der Waals surface area contributed by atoms with Crippen LogP contribution in [-0.4, -0.2) is 11.7 Å². The summed E-state index contributed by atoms with van der Waals surface area (Å²) < 4.78 is 0. The molecule has 1 atom stereocenters. The Morgan fingerprint density at radius 1 is 1.19 bits per heavy atom. The summed E-state index contributed by atoms with van der Waals surface area (Å²) in [4.78, 5) is 2.14. The molecule has 0 aliphatic rings. The van der Waals surface area contributed by atoms with E-state index in [0.717, 1.165) is 23.5 Å². The Labute approximate surface area is 126 Å². The van der Waals surface area contributed by atoms with Gasteiger partial charge in [0.1, 0.15) is 0 Å². The summed E-state index contributed by atoms with van der Waals surface area (Å²) in [6, 6.07) is 15.7. The molecule has 0 fully saturated rings. The minimum atomic E-state index is -0.578. The van der Waals surface area contributed by atoms with E-state index < -0.39 is 6.10 Å². The summed E-state index contributed by atoms with van der Waals surface area (Å²) in [7, 11) is 0. The van der Waals surface area contributed by atoms with Gasteiger partial charge in [0.2, 0.25) is 0 Å². The van der Waals surface area contributed by atoms with Gasteiger partial charge in [-0.15, -0.1) is 0 Å². The van der Waals surface area contributed by atoms with Gasteiger partial charge < -0.3 is 10.0 Å². The molecule has 0 aliphatic carbocycles. The zero-order valence-electron chi connectivity index (χ0n) is 12.7. The van der Waals surface area contributed by atoms with Crippen molar-refractivity contribution in [3.63, 3.8) is 0 Å². The Kier molecular flexibility index (Phi) is 4.62. The molecular formula is C18H20N2O. The fourth-order valence-electron chi connectivity index (χ4n) is 2.54. The Balaban J connectivity index is 2.61. The van der Waals surface area contributed by atoms with Crippen molar-refractivity contribution in [2.75, 3.05) is 11.4 Å². The van der Waals surface area contributed by atoms with Gasteiger partial charge in [-0.2, -0.15) is 5.26 Å². The highest BCUT2D eigenvalue weighted by molar-refractivity contribution is 5.70. The zero-order valence-corrected chi connectivity index (χ0v) is 12.7. The van der Waals surface area contributed by atoms with Crippen LogP contribution in [0.5, 0.6) is 0 Å². The lowest BCUT2D eigenvalue weighted by molar-refractivity contribution is 0.199. The van der Waals surface area contributed by atoms with Crippen LogP contribution in [0.15, 0.2) is 42.5 Å². The molecule has 1 N–H and O–H groups in total. The van der Waals surface area contributed by atoms with Crippen LogP contribution in [0.2, 0.25) is 0 Å². The Morgan fingerprint density at radius 2 is 1.90 bits per heavy atom. The van der Waals surface area contributed by atoms with E-state index in [0.29, 0.717) is 5.56 Å². The van der Waals surface area contributed by atoms with E-state index in [4.69, 9.17) is 5.26 Å². The summed E-state index contributed by atoms with van der Waals surface area (Å²) in [5.74, 6) is 0. The number of benzene rings is 2. The Bertz CT molecular complexity index is 671. The van der Waals surface area contributed by atoms with Crippen molar-refractivity contribution in [1.29, 1.82) is 5.26 Å². The van der Waals surface area contributed by atoms with Crippen molar-refractivity contribution >= 4 is 11.4 Å². The van der Waals surface area contributed by atoms with Crippen LogP contribution in [0.3, 0.4) is 0 Å². The molecule has 0 saturated carbocycles. The van der Waals surface area contributed by atoms with Crippen LogP contribution in [0.1, 0.15) is 36.6 Å². The third-order valence-corrected chi connectivity index (χ3v) is 3.62. The van der Waals surface area contributed by atoms with E-state index in [1.54, 1.807) is 13.0 Å². The molecule has 2 aromatic rings. The number of para-hydroxylation sites is 1. The van der Waals surface area contributed by atoms with Crippen molar-refractivity contribution in [3.05, 3.63) is 59.2 Å². The molecular weight excluding hydrogens is 260 g/mol. The molecule has 0 unspecified atom stereocenters. The van der Waals surface area contributed by atoms with Gasteiger partial charge in [-0.3, -0.25) is 0 Å². The van der Waals surface area contributed by atoms with Gasteiger partial charge >= 0.3 is 0 Å². The van der Waals surface area contributed by atoms with Crippen LogP contribution in [0, 0.1) is 18.3 Å². The maximum atomic E-state index is 10.0. The zero-order chi connectivity index (χ0) is 15.4. The second-order valence-corrected chi connectivity index (χ2v) is 5.09. The fourth-order valence-corrected chi connectivity index (χ4v) is 2.54. The van der Waals surface area contributed by atoms with Crippen LogP contribution in [0.4, 0.5) is 11.4 Å². The van der Waals surface area contributed by atoms with Gasteiger partial charge in [0, 0.05) is 23.5 Å². The van der Waals surface area contributed by atoms with E-state index in [9.17, 15) is 5.11 Å². The van der Waals surface area contributed by atoms with Gasteiger partial charge in [-0.1, -0.05) is 24.3 Å². The average Bonchev–Trinajstić information content (AvgIpc) is 2.49. The molecule has 0 bridgehead atoms. The smallest absolute Gasteiger partial charge is 0.0992 e. The molecule has 3 nitrogen and oxygen atoms in total. The minimum Gasteiger partial charge on any atom is -0.389 e. The quantitative estimate of drug-likeness (QED) is 0.918. The molecule has 0 radical (unpaired) electrons. The summed E-state index contributed by atoms with van der Waals surface area (Å²) in [6.45, 7) is 6.64. The van der Waals surface area contributed by atoms with Crippen LogP contribution in [-0.2, 0) is 0 Å². The number of aliphatic hydroxyl groups is 1. The first kappa shape index (κ1) is 15.1. The first-order valence-electron chi connectivity index (χ1n) is 7.13. The highest BCUT2D eigenvalue weighted by atomic mass is 16.3. The molecule has 0 aromatic heterocycles. The van der Waals surface area contributed by atoms with E-state index in [2.05, 4.69) is 36.9 Å². The Hall–Kier alpha value is -2.31. The summed E-state index contributed by atoms with van der Waals surface area (Å²) >= 11 is 0. The van der Waals surface area contributed by atoms with Gasteiger partial charge in [0.25, 0.3) is 0 Å². The average molecular weight is 280 g/mol. The molecule has 0 saturated heterocycles. The normalized spacial score (nSPS) is 11.8. The standard InChI is InChI=1S/C18H20N2O/c1-4-20(17-8-6-5-7-13(17)2)18-11-15(12-19)9-10-16(18)14(3)21/h5-11,14,21H,4H2,1-3H3/t14-/m0/s1. The number of nitrogens with zero attached hydrogens (tertiary/aromatic N) is 2. The number of nitriles is 1. The first-order valence-corrected chi connectivity index (χ1v) is 7.13. The van der Waals surface area contributed by atoms with Gasteiger partial charge in [0.05, 0.1) is 17.7 Å². The predicted molar refractivity (Wildman–Crippen MR) is 85.6 cm³/mol. The van der Waals surface area contributed by atoms with Crippen LogP contribution >= 0.6 is 0 Å². The maximum absolute atomic E-state index is 10.0. The highest BCUT2D eigenvalue weighted by Crippen LogP contribution is 2.34. The minimum absolute atomic E-state index is 0.578. The monoisotopic (exact) mass is 280 g/mol. The molecule has 2 rings (SSSR count). The number of hydrogen-bond donors (Lipinski definition) is 1. The maximum Gasteiger partial charge on any atom is 0.0992 e. The lowest BCUT2D eigenvalue weighted by Gasteiger charge is -2.28. The molecule has 21 heavy (non-hydrogen) atoms. The van der Waals surface area contributed by atoms with E-state index >= 15 is 0 Å².